The molecule has 7 heteroatoms. The molecule has 0 radical (unpaired) electrons. The Kier molecular flexibility index (Phi) is 5.62. The van der Waals surface area contributed by atoms with Crippen molar-refractivity contribution < 1.29 is 17.6 Å². The Hall–Kier alpha value is -2.25. The molecule has 3 rings (SSSR count). The summed E-state index contributed by atoms with van der Waals surface area (Å²) >= 11 is 0. The number of hydrogen-bond donors (Lipinski definition) is 1. The highest BCUT2D eigenvalue weighted by Gasteiger charge is 2.28. The molecule has 0 aliphatic carbocycles. The maximum Gasteiger partial charge on any atom is 0.253 e. The number of likely N-dealkylation sites (tertiary alicyclic amines) is 1. The molecule has 1 heterocycles. The Morgan fingerprint density at radius 1 is 1.15 bits per heavy atom. The van der Waals surface area contributed by atoms with Gasteiger partial charge in [0, 0.05) is 24.7 Å². The molecule has 0 aromatic heterocycles. The van der Waals surface area contributed by atoms with Gasteiger partial charge in [-0.05, 0) is 68.1 Å². The molecule has 2 aromatic carbocycles. The molecule has 1 aliphatic heterocycles. The number of amides is 1. The van der Waals surface area contributed by atoms with Crippen molar-refractivity contribution in [2.75, 3.05) is 13.1 Å². The van der Waals surface area contributed by atoms with Crippen molar-refractivity contribution in [3.8, 4) is 0 Å². The first-order valence-corrected chi connectivity index (χ1v) is 10.4. The second-order valence-electron chi connectivity index (χ2n) is 6.97. The van der Waals surface area contributed by atoms with E-state index in [1.165, 1.54) is 18.2 Å². The Labute approximate surface area is 159 Å². The summed E-state index contributed by atoms with van der Waals surface area (Å²) in [6.07, 6.45) is 1.33. The van der Waals surface area contributed by atoms with Gasteiger partial charge in [0.05, 0.1) is 4.90 Å². The van der Waals surface area contributed by atoms with Gasteiger partial charge in [0.25, 0.3) is 5.91 Å². The monoisotopic (exact) mass is 390 g/mol. The summed E-state index contributed by atoms with van der Waals surface area (Å²) in [5.74, 6) is -0.708. The van der Waals surface area contributed by atoms with Gasteiger partial charge in [-0.1, -0.05) is 12.1 Å². The van der Waals surface area contributed by atoms with E-state index in [1.54, 1.807) is 11.0 Å². The van der Waals surface area contributed by atoms with Gasteiger partial charge < -0.3 is 4.90 Å². The number of nitrogens with one attached hydrogen (secondary N) is 1. The average molecular weight is 390 g/mol. The third kappa shape index (κ3) is 4.54. The normalized spacial score (nSPS) is 17.7. The van der Waals surface area contributed by atoms with Crippen LogP contribution >= 0.6 is 0 Å². The van der Waals surface area contributed by atoms with Crippen LogP contribution in [0.4, 0.5) is 4.39 Å². The highest BCUT2D eigenvalue weighted by molar-refractivity contribution is 7.89. The van der Waals surface area contributed by atoms with E-state index in [0.717, 1.165) is 17.2 Å². The number of halogens is 1. The van der Waals surface area contributed by atoms with Crippen LogP contribution in [0, 0.1) is 19.7 Å². The summed E-state index contributed by atoms with van der Waals surface area (Å²) < 4.78 is 41.0. The molecule has 1 unspecified atom stereocenters. The van der Waals surface area contributed by atoms with Crippen LogP contribution in [0.5, 0.6) is 0 Å². The molecule has 1 N–H and O–H groups in total. The third-order valence-corrected chi connectivity index (χ3v) is 6.41. The molecular weight excluding hydrogens is 367 g/mol. The molecule has 1 amide bonds. The van der Waals surface area contributed by atoms with Crippen molar-refractivity contribution in [1.29, 1.82) is 0 Å². The number of carbonyl (C=O) groups excluding carboxylic acids is 1. The van der Waals surface area contributed by atoms with Crippen LogP contribution in [0.1, 0.15) is 34.3 Å². The summed E-state index contributed by atoms with van der Waals surface area (Å²) in [7, 11) is -3.84. The highest BCUT2D eigenvalue weighted by atomic mass is 32.2. The molecule has 5 nitrogen and oxygen atoms in total. The minimum absolute atomic E-state index is 0.104. The van der Waals surface area contributed by atoms with Gasteiger partial charge in [-0.2, -0.15) is 0 Å². The van der Waals surface area contributed by atoms with Crippen molar-refractivity contribution in [3.63, 3.8) is 0 Å². The zero-order valence-electron chi connectivity index (χ0n) is 15.4. The quantitative estimate of drug-likeness (QED) is 0.873. The summed E-state index contributed by atoms with van der Waals surface area (Å²) in [5, 5.41) is 0. The molecule has 0 spiro atoms. The zero-order valence-corrected chi connectivity index (χ0v) is 16.2. The van der Waals surface area contributed by atoms with E-state index in [1.807, 2.05) is 26.0 Å². The molecule has 1 aliphatic rings. The number of hydrogen-bond acceptors (Lipinski definition) is 3. The van der Waals surface area contributed by atoms with Crippen LogP contribution in [-0.2, 0) is 10.0 Å². The van der Waals surface area contributed by atoms with E-state index in [-0.39, 0.29) is 10.8 Å². The molecule has 0 bridgehead atoms. The van der Waals surface area contributed by atoms with E-state index >= 15 is 0 Å². The summed E-state index contributed by atoms with van der Waals surface area (Å²) in [4.78, 5) is 14.4. The van der Waals surface area contributed by atoms with E-state index in [0.29, 0.717) is 31.5 Å². The average Bonchev–Trinajstić information content (AvgIpc) is 2.63. The summed E-state index contributed by atoms with van der Waals surface area (Å²) in [6, 6.07) is 10.1. The van der Waals surface area contributed by atoms with Gasteiger partial charge in [0.1, 0.15) is 5.82 Å². The van der Waals surface area contributed by atoms with Gasteiger partial charge in [0.2, 0.25) is 10.0 Å². The Bertz CT molecular complexity index is 959. The van der Waals surface area contributed by atoms with E-state index in [9.17, 15) is 17.6 Å². The van der Waals surface area contributed by atoms with E-state index in [4.69, 9.17) is 0 Å². The summed E-state index contributed by atoms with van der Waals surface area (Å²) in [5.41, 5.74) is 2.76. The van der Waals surface area contributed by atoms with E-state index < -0.39 is 21.9 Å². The number of nitrogens with zero attached hydrogens (tertiary/aromatic N) is 1. The van der Waals surface area contributed by atoms with Crippen molar-refractivity contribution >= 4 is 15.9 Å². The number of piperidine rings is 1. The molecule has 1 saturated heterocycles. The van der Waals surface area contributed by atoms with Crippen molar-refractivity contribution in [2.45, 2.75) is 37.6 Å². The number of rotatable bonds is 4. The van der Waals surface area contributed by atoms with Gasteiger partial charge in [-0.15, -0.1) is 0 Å². The fourth-order valence-electron chi connectivity index (χ4n) is 3.24. The maximum atomic E-state index is 13.3. The summed E-state index contributed by atoms with van der Waals surface area (Å²) in [6.45, 7) is 4.82. The fraction of sp³-hybridized carbons (Fsp3) is 0.350. The predicted molar refractivity (Wildman–Crippen MR) is 102 cm³/mol. The Morgan fingerprint density at radius 3 is 2.63 bits per heavy atom. The van der Waals surface area contributed by atoms with Crippen molar-refractivity contribution in [2.24, 2.45) is 0 Å². The first-order valence-electron chi connectivity index (χ1n) is 8.91. The second-order valence-corrected chi connectivity index (χ2v) is 8.68. The number of sulfonamides is 1. The third-order valence-electron chi connectivity index (χ3n) is 4.89. The van der Waals surface area contributed by atoms with Gasteiger partial charge in [0.15, 0.2) is 0 Å². The van der Waals surface area contributed by atoms with Crippen LogP contribution in [-0.4, -0.2) is 38.4 Å². The minimum Gasteiger partial charge on any atom is -0.337 e. The zero-order chi connectivity index (χ0) is 19.6. The highest BCUT2D eigenvalue weighted by Crippen LogP contribution is 2.18. The first kappa shape index (κ1) is 19.5. The van der Waals surface area contributed by atoms with E-state index in [2.05, 4.69) is 4.72 Å². The lowest BCUT2D eigenvalue weighted by atomic mass is 10.0. The van der Waals surface area contributed by atoms with Gasteiger partial charge >= 0.3 is 0 Å². The number of carbonyl (C=O) groups is 1. The molecule has 1 atom stereocenters. The largest absolute Gasteiger partial charge is 0.337 e. The molecule has 1 fully saturated rings. The van der Waals surface area contributed by atoms with Crippen molar-refractivity contribution in [3.05, 3.63) is 65.0 Å². The maximum absolute atomic E-state index is 13.3. The molecule has 144 valence electrons. The number of aryl methyl sites for hydroxylation is 2. The van der Waals surface area contributed by atoms with Crippen molar-refractivity contribution in [1.82, 2.24) is 9.62 Å². The smallest absolute Gasteiger partial charge is 0.253 e. The number of benzene rings is 2. The lowest BCUT2D eigenvalue weighted by molar-refractivity contribution is 0.0703. The van der Waals surface area contributed by atoms with Crippen LogP contribution in [0.25, 0.3) is 0 Å². The lowest BCUT2D eigenvalue weighted by Gasteiger charge is -2.33. The standard InChI is InChI=1S/C20H23FN2O3S/c1-14-8-9-16(11-15(14)2)20(24)23-10-4-6-18(13-23)22-27(25,26)19-7-3-5-17(21)12-19/h3,5,7-9,11-12,18,22H,4,6,10,13H2,1-2H3. The van der Waals surface area contributed by atoms with Crippen LogP contribution < -0.4 is 4.72 Å². The molecular formula is C20H23FN2O3S. The second kappa shape index (κ2) is 7.78. The molecule has 2 aromatic rings. The van der Waals surface area contributed by atoms with Crippen LogP contribution in [0.2, 0.25) is 0 Å². The predicted octanol–water partition coefficient (Wildman–Crippen LogP) is 3.03. The SMILES string of the molecule is Cc1ccc(C(=O)N2CCCC(NS(=O)(=O)c3cccc(F)c3)C2)cc1C. The Morgan fingerprint density at radius 2 is 1.93 bits per heavy atom. The minimum atomic E-state index is -3.84. The van der Waals surface area contributed by atoms with Gasteiger partial charge in [-0.3, -0.25) is 4.79 Å². The lowest BCUT2D eigenvalue weighted by Crippen LogP contribution is -2.49. The fourth-order valence-corrected chi connectivity index (χ4v) is 4.53. The topological polar surface area (TPSA) is 66.5 Å². The van der Waals surface area contributed by atoms with Crippen LogP contribution in [0.3, 0.4) is 0 Å². The van der Waals surface area contributed by atoms with Gasteiger partial charge in [-0.25, -0.2) is 17.5 Å². The molecule has 0 saturated carbocycles. The Balaban J connectivity index is 1.72. The first-order chi connectivity index (χ1) is 12.8. The van der Waals surface area contributed by atoms with Crippen LogP contribution in [0.15, 0.2) is 47.4 Å². The molecule has 27 heavy (non-hydrogen) atoms.